The van der Waals surface area contributed by atoms with Gasteiger partial charge in [0, 0.05) is 21.9 Å². The molecule has 14 heavy (non-hydrogen) atoms. The van der Waals surface area contributed by atoms with Crippen LogP contribution in [-0.2, 0) is 4.74 Å². The van der Waals surface area contributed by atoms with Crippen molar-refractivity contribution in [2.24, 2.45) is 0 Å². The maximum Gasteiger partial charge on any atom is 0.0667 e. The van der Waals surface area contributed by atoms with Gasteiger partial charge in [0.05, 0.1) is 6.61 Å². The third kappa shape index (κ3) is 2.60. The molecule has 1 atom stereocenters. The second-order valence-corrected chi connectivity index (χ2v) is 4.70. The summed E-state index contributed by atoms with van der Waals surface area (Å²) in [7, 11) is 0. The molecule has 1 saturated heterocycles. The second-order valence-electron chi connectivity index (χ2n) is 3.54. The average Bonchev–Trinajstić information content (AvgIpc) is 2.23. The van der Waals surface area contributed by atoms with Crippen LogP contribution in [0, 0.1) is 3.57 Å². The van der Waals surface area contributed by atoms with Crippen LogP contribution in [0.25, 0.3) is 0 Å². The average molecular weight is 303 g/mol. The summed E-state index contributed by atoms with van der Waals surface area (Å²) in [5.74, 6) is 0. The highest BCUT2D eigenvalue weighted by molar-refractivity contribution is 14.1. The molecule has 1 fully saturated rings. The summed E-state index contributed by atoms with van der Waals surface area (Å²) < 4.78 is 6.70. The van der Waals surface area contributed by atoms with Crippen LogP contribution in [0.4, 0.5) is 5.69 Å². The Morgan fingerprint density at radius 2 is 2.21 bits per heavy atom. The van der Waals surface area contributed by atoms with Crippen molar-refractivity contribution >= 4 is 28.3 Å². The summed E-state index contributed by atoms with van der Waals surface area (Å²) >= 11 is 2.35. The molecule has 1 unspecified atom stereocenters. The van der Waals surface area contributed by atoms with Gasteiger partial charge >= 0.3 is 0 Å². The number of halogens is 1. The summed E-state index contributed by atoms with van der Waals surface area (Å²) in [6.45, 7) is 1.76. The number of hydrogen-bond acceptors (Lipinski definition) is 2. The minimum Gasteiger partial charge on any atom is -0.379 e. The normalized spacial score (nSPS) is 21.9. The van der Waals surface area contributed by atoms with Gasteiger partial charge in [0.2, 0.25) is 0 Å². The molecule has 0 amide bonds. The first-order chi connectivity index (χ1) is 6.86. The Morgan fingerprint density at radius 3 is 2.93 bits per heavy atom. The van der Waals surface area contributed by atoms with Gasteiger partial charge in [-0.15, -0.1) is 0 Å². The van der Waals surface area contributed by atoms with Crippen molar-refractivity contribution < 1.29 is 4.74 Å². The van der Waals surface area contributed by atoms with Crippen LogP contribution in [0.5, 0.6) is 0 Å². The molecule has 1 N–H and O–H groups in total. The number of para-hydroxylation sites is 1. The predicted octanol–water partition coefficient (Wildman–Crippen LogP) is 2.88. The molecule has 1 aromatic carbocycles. The maximum absolute atomic E-state index is 5.43. The number of ether oxygens (including phenoxy) is 1. The predicted molar refractivity (Wildman–Crippen MR) is 66.6 cm³/mol. The van der Waals surface area contributed by atoms with Crippen molar-refractivity contribution in [2.45, 2.75) is 18.9 Å². The van der Waals surface area contributed by atoms with Crippen molar-refractivity contribution in [2.75, 3.05) is 18.5 Å². The molecule has 2 nitrogen and oxygen atoms in total. The van der Waals surface area contributed by atoms with E-state index in [0.717, 1.165) is 13.2 Å². The lowest BCUT2D eigenvalue weighted by Gasteiger charge is -2.24. The lowest BCUT2D eigenvalue weighted by molar-refractivity contribution is 0.0876. The number of rotatable bonds is 2. The summed E-state index contributed by atoms with van der Waals surface area (Å²) in [4.78, 5) is 0. The minimum absolute atomic E-state index is 0.486. The van der Waals surface area contributed by atoms with Crippen LogP contribution in [0.1, 0.15) is 12.8 Å². The zero-order chi connectivity index (χ0) is 9.80. The van der Waals surface area contributed by atoms with Crippen LogP contribution < -0.4 is 5.32 Å². The highest BCUT2D eigenvalue weighted by Gasteiger charge is 2.13. The van der Waals surface area contributed by atoms with Crippen molar-refractivity contribution in [3.05, 3.63) is 27.8 Å². The van der Waals surface area contributed by atoms with Gasteiger partial charge < -0.3 is 10.1 Å². The minimum atomic E-state index is 0.486. The van der Waals surface area contributed by atoms with Crippen LogP contribution >= 0.6 is 22.6 Å². The van der Waals surface area contributed by atoms with Gasteiger partial charge in [-0.05, 0) is 47.6 Å². The Labute approximate surface area is 98.2 Å². The van der Waals surface area contributed by atoms with Gasteiger partial charge in [-0.25, -0.2) is 0 Å². The van der Waals surface area contributed by atoms with E-state index in [9.17, 15) is 0 Å². The molecule has 0 aliphatic carbocycles. The monoisotopic (exact) mass is 303 g/mol. The van der Waals surface area contributed by atoms with E-state index in [-0.39, 0.29) is 0 Å². The molecule has 1 aromatic rings. The van der Waals surface area contributed by atoms with Gasteiger partial charge in [-0.2, -0.15) is 0 Å². The summed E-state index contributed by atoms with van der Waals surface area (Å²) in [5, 5.41) is 3.52. The van der Waals surface area contributed by atoms with E-state index in [2.05, 4.69) is 52.2 Å². The smallest absolute Gasteiger partial charge is 0.0667 e. The van der Waals surface area contributed by atoms with Crippen molar-refractivity contribution in [3.63, 3.8) is 0 Å². The molecule has 0 spiro atoms. The van der Waals surface area contributed by atoms with Crippen molar-refractivity contribution in [3.8, 4) is 0 Å². The van der Waals surface area contributed by atoms with E-state index in [0.29, 0.717) is 6.04 Å². The second kappa shape index (κ2) is 4.98. The molecule has 1 heterocycles. The topological polar surface area (TPSA) is 21.3 Å². The molecule has 0 radical (unpaired) electrons. The summed E-state index contributed by atoms with van der Waals surface area (Å²) in [5.41, 5.74) is 1.23. The quantitative estimate of drug-likeness (QED) is 0.848. The molecule has 0 saturated carbocycles. The van der Waals surface area contributed by atoms with Crippen LogP contribution in [0.2, 0.25) is 0 Å². The Hall–Kier alpha value is -0.290. The first kappa shape index (κ1) is 10.2. The molecular formula is C11H14INO. The Morgan fingerprint density at radius 1 is 1.36 bits per heavy atom. The summed E-state index contributed by atoms with van der Waals surface area (Å²) in [6.07, 6.45) is 2.38. The standard InChI is InChI=1S/C11H14INO/c12-10-5-1-2-6-11(10)13-9-4-3-7-14-8-9/h1-2,5-6,9,13H,3-4,7-8H2. The summed E-state index contributed by atoms with van der Waals surface area (Å²) in [6, 6.07) is 8.85. The van der Waals surface area contributed by atoms with Crippen molar-refractivity contribution in [1.82, 2.24) is 0 Å². The fraction of sp³-hybridized carbons (Fsp3) is 0.455. The van der Waals surface area contributed by atoms with Crippen LogP contribution in [0.3, 0.4) is 0 Å². The zero-order valence-electron chi connectivity index (χ0n) is 8.00. The lowest BCUT2D eigenvalue weighted by Crippen LogP contribution is -2.30. The van der Waals surface area contributed by atoms with Crippen molar-refractivity contribution in [1.29, 1.82) is 0 Å². The fourth-order valence-corrected chi connectivity index (χ4v) is 2.20. The number of nitrogens with one attached hydrogen (secondary N) is 1. The molecular weight excluding hydrogens is 289 g/mol. The van der Waals surface area contributed by atoms with Gasteiger partial charge in [-0.3, -0.25) is 0 Å². The Kier molecular flexibility index (Phi) is 3.64. The van der Waals surface area contributed by atoms with Gasteiger partial charge in [-0.1, -0.05) is 12.1 Å². The highest BCUT2D eigenvalue weighted by Crippen LogP contribution is 2.20. The lowest BCUT2D eigenvalue weighted by atomic mass is 10.1. The maximum atomic E-state index is 5.43. The third-order valence-electron chi connectivity index (χ3n) is 2.39. The Bertz CT molecular complexity index is 297. The highest BCUT2D eigenvalue weighted by atomic mass is 127. The van der Waals surface area contributed by atoms with Gasteiger partial charge in [0.1, 0.15) is 0 Å². The Balaban J connectivity index is 1.99. The largest absolute Gasteiger partial charge is 0.379 e. The fourth-order valence-electron chi connectivity index (χ4n) is 1.65. The molecule has 2 rings (SSSR count). The molecule has 0 bridgehead atoms. The molecule has 0 aromatic heterocycles. The number of benzene rings is 1. The van der Waals surface area contributed by atoms with Gasteiger partial charge in [0.25, 0.3) is 0 Å². The SMILES string of the molecule is Ic1ccccc1NC1CCCOC1. The third-order valence-corrected chi connectivity index (χ3v) is 3.33. The zero-order valence-corrected chi connectivity index (χ0v) is 10.2. The van der Waals surface area contributed by atoms with Crippen LogP contribution in [0.15, 0.2) is 24.3 Å². The van der Waals surface area contributed by atoms with Crippen LogP contribution in [-0.4, -0.2) is 19.3 Å². The molecule has 1 aliphatic rings. The first-order valence-electron chi connectivity index (χ1n) is 4.95. The van der Waals surface area contributed by atoms with E-state index in [1.807, 2.05) is 0 Å². The molecule has 3 heteroatoms. The molecule has 76 valence electrons. The number of anilines is 1. The van der Waals surface area contributed by atoms with E-state index in [1.165, 1.54) is 22.1 Å². The molecule has 1 aliphatic heterocycles. The number of hydrogen-bond donors (Lipinski definition) is 1. The first-order valence-corrected chi connectivity index (χ1v) is 6.03. The van der Waals surface area contributed by atoms with E-state index < -0.39 is 0 Å². The van der Waals surface area contributed by atoms with E-state index >= 15 is 0 Å². The van der Waals surface area contributed by atoms with E-state index in [4.69, 9.17) is 4.74 Å². The van der Waals surface area contributed by atoms with E-state index in [1.54, 1.807) is 0 Å². The van der Waals surface area contributed by atoms with Gasteiger partial charge in [0.15, 0.2) is 0 Å².